The molecule has 0 rings (SSSR count). The van der Waals surface area contributed by atoms with Crippen LogP contribution in [0.1, 0.15) is 0 Å². The van der Waals surface area contributed by atoms with Crippen molar-refractivity contribution >= 4 is 10.1 Å². The van der Waals surface area contributed by atoms with Crippen LogP contribution in [0.4, 0.5) is 0 Å². The molecule has 0 radical (unpaired) electrons. The van der Waals surface area contributed by atoms with Crippen molar-refractivity contribution in [3.05, 3.63) is 0 Å². The average Bonchev–Trinajstić information content (AvgIpc) is 1.36. The molecule has 6 heteroatoms. The summed E-state index contributed by atoms with van der Waals surface area (Å²) >= 11 is 0. The zero-order valence-corrected chi connectivity index (χ0v) is 4.60. The summed E-state index contributed by atoms with van der Waals surface area (Å²) < 4.78 is 27.2. The van der Waals surface area contributed by atoms with Crippen LogP contribution in [0.2, 0.25) is 0 Å². The molecular weight excluding hydrogens is 122 g/mol. The minimum absolute atomic E-state index is 0.604. The molecule has 0 aromatic carbocycles. The van der Waals surface area contributed by atoms with E-state index >= 15 is 0 Å². The molecule has 0 bridgehead atoms. The zero-order chi connectivity index (χ0) is 6.50. The summed E-state index contributed by atoms with van der Waals surface area (Å²) in [6, 6.07) is 0. The summed E-state index contributed by atoms with van der Waals surface area (Å²) in [4.78, 5) is 0. The molecule has 5 nitrogen and oxygen atoms in total. The van der Waals surface area contributed by atoms with Gasteiger partial charge in [-0.2, -0.15) is 0 Å². The van der Waals surface area contributed by atoms with Crippen molar-refractivity contribution in [1.82, 2.24) is 0 Å². The molecule has 0 aromatic rings. The lowest BCUT2D eigenvalue weighted by atomic mass is 12.0. The molecule has 0 aliphatic heterocycles. The molecule has 0 spiro atoms. The fourth-order valence-electron chi connectivity index (χ4n) is 0. The Balaban J connectivity index is 0. The summed E-state index contributed by atoms with van der Waals surface area (Å²) in [7, 11) is -3.92. The fourth-order valence-corrected chi connectivity index (χ4v) is 0. The van der Waals surface area contributed by atoms with Crippen LogP contribution in [0.5, 0.6) is 0 Å². The second kappa shape index (κ2) is 4.00. The highest BCUT2D eigenvalue weighted by Gasteiger charge is 1.65. The maximum Gasteiger partial charge on any atom is 0.0916 e. The molecule has 0 aromatic heterocycles. The van der Waals surface area contributed by atoms with Gasteiger partial charge in [-0.3, -0.25) is 0 Å². The SMILES string of the molecule is CS(=O)(=O)[O-].[NH3+]O. The quantitative estimate of drug-likeness (QED) is 0.285. The first kappa shape index (κ1) is 9.95. The van der Waals surface area contributed by atoms with E-state index in [2.05, 4.69) is 5.90 Å². The molecule has 0 fully saturated rings. The van der Waals surface area contributed by atoms with Gasteiger partial charge in [0.1, 0.15) is 0 Å². The smallest absolute Gasteiger partial charge is 0.0916 e. The topological polar surface area (TPSA) is 105 Å². The molecule has 7 heavy (non-hydrogen) atoms. The molecule has 0 saturated carbocycles. The molecule has 0 aliphatic carbocycles. The van der Waals surface area contributed by atoms with Crippen LogP contribution in [0.25, 0.3) is 0 Å². The van der Waals surface area contributed by atoms with Crippen molar-refractivity contribution in [3.63, 3.8) is 0 Å². The fraction of sp³-hybridized carbons (Fsp3) is 1.00. The van der Waals surface area contributed by atoms with Crippen LogP contribution in [-0.4, -0.2) is 24.4 Å². The van der Waals surface area contributed by atoms with Gasteiger partial charge in [-0.05, 0) is 0 Å². The molecule has 0 amide bonds. The summed E-state index contributed by atoms with van der Waals surface area (Å²) in [5.41, 5.74) is 0. The van der Waals surface area contributed by atoms with Gasteiger partial charge in [-0.25, -0.2) is 19.5 Å². The maximum absolute atomic E-state index is 9.08. The van der Waals surface area contributed by atoms with Crippen LogP contribution >= 0.6 is 0 Å². The Bertz CT molecular complexity index is 94.9. The van der Waals surface area contributed by atoms with Crippen molar-refractivity contribution in [3.8, 4) is 0 Å². The summed E-state index contributed by atoms with van der Waals surface area (Å²) in [5, 5.41) is 6.75. The highest BCUT2D eigenvalue weighted by Crippen LogP contribution is 1.59. The Morgan fingerprint density at radius 2 is 1.57 bits per heavy atom. The molecule has 0 saturated heterocycles. The van der Waals surface area contributed by atoms with E-state index in [1.54, 1.807) is 0 Å². The zero-order valence-electron chi connectivity index (χ0n) is 3.79. The molecule has 4 N–H and O–H groups in total. The predicted molar refractivity (Wildman–Crippen MR) is 20.3 cm³/mol. The van der Waals surface area contributed by atoms with Gasteiger partial charge in [0.05, 0.1) is 10.1 Å². The predicted octanol–water partition coefficient (Wildman–Crippen LogP) is -2.22. The Kier molecular flexibility index (Phi) is 5.69. The Labute approximate surface area is 41.5 Å². The first-order chi connectivity index (χ1) is 3.00. The van der Waals surface area contributed by atoms with Crippen molar-refractivity contribution in [2.45, 2.75) is 0 Å². The summed E-state index contributed by atoms with van der Waals surface area (Å²) in [5.74, 6) is 2.25. The highest BCUT2D eigenvalue weighted by molar-refractivity contribution is 7.84. The monoisotopic (exact) mass is 129 g/mol. The minimum atomic E-state index is -3.92. The third kappa shape index (κ3) is 2960. The van der Waals surface area contributed by atoms with Gasteiger partial charge in [0.2, 0.25) is 0 Å². The van der Waals surface area contributed by atoms with Crippen LogP contribution in [0.15, 0.2) is 0 Å². The second-order valence-electron chi connectivity index (χ2n) is 0.704. The van der Waals surface area contributed by atoms with E-state index in [1.165, 1.54) is 0 Å². The lowest BCUT2D eigenvalue weighted by Crippen LogP contribution is -2.42. The molecule has 0 aliphatic rings. The number of rotatable bonds is 0. The van der Waals surface area contributed by atoms with E-state index < -0.39 is 10.1 Å². The van der Waals surface area contributed by atoms with Crippen LogP contribution in [0, 0.1) is 0 Å². The normalized spacial score (nSPS) is 9.14. The second-order valence-corrected chi connectivity index (χ2v) is 2.11. The lowest BCUT2D eigenvalue weighted by molar-refractivity contribution is -0.670. The molecule has 0 heterocycles. The van der Waals surface area contributed by atoms with Crippen LogP contribution < -0.4 is 5.90 Å². The Morgan fingerprint density at radius 3 is 1.57 bits per heavy atom. The molecule has 0 atom stereocenters. The van der Waals surface area contributed by atoms with Gasteiger partial charge in [-0.15, -0.1) is 0 Å². The van der Waals surface area contributed by atoms with Crippen molar-refractivity contribution in [2.75, 3.05) is 6.26 Å². The molecule has 0 unspecified atom stereocenters. The Morgan fingerprint density at radius 1 is 1.57 bits per heavy atom. The van der Waals surface area contributed by atoms with Gasteiger partial charge in [-0.1, -0.05) is 0 Å². The summed E-state index contributed by atoms with van der Waals surface area (Å²) in [6.45, 7) is 0. The van der Waals surface area contributed by atoms with Crippen LogP contribution in [0.3, 0.4) is 0 Å². The van der Waals surface area contributed by atoms with Gasteiger partial charge in [0, 0.05) is 6.26 Å². The van der Waals surface area contributed by atoms with Gasteiger partial charge >= 0.3 is 0 Å². The van der Waals surface area contributed by atoms with Crippen molar-refractivity contribution in [1.29, 1.82) is 0 Å². The summed E-state index contributed by atoms with van der Waals surface area (Å²) in [6.07, 6.45) is 0.604. The van der Waals surface area contributed by atoms with Gasteiger partial charge in [0.15, 0.2) is 0 Å². The van der Waals surface area contributed by atoms with E-state index in [1.807, 2.05) is 0 Å². The largest absolute Gasteiger partial charge is 0.748 e. The maximum atomic E-state index is 9.08. The van der Waals surface area contributed by atoms with E-state index in [0.29, 0.717) is 6.26 Å². The van der Waals surface area contributed by atoms with E-state index in [0.717, 1.165) is 0 Å². The molecular formula is CH7NO4S. The van der Waals surface area contributed by atoms with Crippen molar-refractivity contribution < 1.29 is 24.1 Å². The third-order valence-electron chi connectivity index (χ3n) is 0. The lowest BCUT2D eigenvalue weighted by Gasteiger charge is -1.90. The number of hydrogen-bond acceptors (Lipinski definition) is 4. The van der Waals surface area contributed by atoms with Crippen LogP contribution in [-0.2, 0) is 10.1 Å². The average molecular weight is 129 g/mol. The first-order valence-corrected chi connectivity index (χ1v) is 3.04. The van der Waals surface area contributed by atoms with Crippen molar-refractivity contribution in [2.24, 2.45) is 0 Å². The standard InChI is InChI=1S/CH4O3S.H4NO/c1-5(2,3)4;1-2/h1H3,(H,2,3,4);2H,1H3/q;+1/p-1. The van der Waals surface area contributed by atoms with E-state index in [9.17, 15) is 0 Å². The third-order valence-corrected chi connectivity index (χ3v) is 0. The first-order valence-electron chi connectivity index (χ1n) is 1.22. The van der Waals surface area contributed by atoms with E-state index in [4.69, 9.17) is 18.2 Å². The Hall–Kier alpha value is -0.170. The highest BCUT2D eigenvalue weighted by atomic mass is 32.2. The number of hydrogen-bond donors (Lipinski definition) is 2. The van der Waals surface area contributed by atoms with Gasteiger partial charge < -0.3 is 4.55 Å². The van der Waals surface area contributed by atoms with E-state index in [-0.39, 0.29) is 0 Å². The number of quaternary nitrogens is 1. The molecule has 46 valence electrons. The minimum Gasteiger partial charge on any atom is -0.748 e. The van der Waals surface area contributed by atoms with Gasteiger partial charge in [0.25, 0.3) is 0 Å².